The third kappa shape index (κ3) is 4.45. The molecule has 3 N–H and O–H groups in total. The number of aliphatic hydroxyl groups excluding tert-OH is 1. The number of aliphatic hydroxyl groups is 1. The van der Waals surface area contributed by atoms with Crippen molar-refractivity contribution in [2.45, 2.75) is 76.3 Å². The lowest BCUT2D eigenvalue weighted by Gasteiger charge is -2.28. The summed E-state index contributed by atoms with van der Waals surface area (Å²) in [4.78, 5) is 14.4. The van der Waals surface area contributed by atoms with Crippen molar-refractivity contribution in [2.75, 3.05) is 13.2 Å². The number of hydrogen-bond acceptors (Lipinski definition) is 3. The topological polar surface area (TPSA) is 66.6 Å². The summed E-state index contributed by atoms with van der Waals surface area (Å²) in [6.45, 7) is 1.16. The maximum absolute atomic E-state index is 12.4. The van der Waals surface area contributed by atoms with Gasteiger partial charge in [0, 0.05) is 31.7 Å². The zero-order valence-electron chi connectivity index (χ0n) is 12.6. The number of carbonyl (C=O) groups is 1. The number of amides is 1. The lowest BCUT2D eigenvalue weighted by molar-refractivity contribution is -0.132. The molecule has 0 bridgehead atoms. The molecule has 1 saturated carbocycles. The molecule has 0 aromatic rings. The highest BCUT2D eigenvalue weighted by atomic mass is 16.3. The molecule has 2 rings (SSSR count). The standard InChI is InChI=1S/C16H30N2O2/c17-14-8-5-13(6-9-14)7-10-16(20)18-11-1-3-15(18)4-2-12-19/h13-15,19H,1-12,17H2. The van der Waals surface area contributed by atoms with Crippen molar-refractivity contribution >= 4 is 5.91 Å². The Balaban J connectivity index is 1.70. The van der Waals surface area contributed by atoms with Gasteiger partial charge in [0.1, 0.15) is 0 Å². The van der Waals surface area contributed by atoms with Gasteiger partial charge in [-0.15, -0.1) is 0 Å². The summed E-state index contributed by atoms with van der Waals surface area (Å²) in [5.41, 5.74) is 5.92. The van der Waals surface area contributed by atoms with E-state index in [2.05, 4.69) is 4.90 Å². The summed E-state index contributed by atoms with van der Waals surface area (Å²) in [6, 6.07) is 0.776. The van der Waals surface area contributed by atoms with Gasteiger partial charge < -0.3 is 15.7 Å². The second kappa shape index (κ2) is 7.99. The van der Waals surface area contributed by atoms with Crippen LogP contribution in [0.2, 0.25) is 0 Å². The fourth-order valence-electron chi connectivity index (χ4n) is 3.74. The summed E-state index contributed by atoms with van der Waals surface area (Å²) in [5.74, 6) is 1.04. The monoisotopic (exact) mass is 282 g/mol. The van der Waals surface area contributed by atoms with E-state index in [0.29, 0.717) is 30.3 Å². The SMILES string of the molecule is NC1CCC(CCC(=O)N2CCCC2CCCO)CC1. The van der Waals surface area contributed by atoms with Gasteiger partial charge >= 0.3 is 0 Å². The van der Waals surface area contributed by atoms with E-state index in [0.717, 1.165) is 51.5 Å². The summed E-state index contributed by atoms with van der Waals surface area (Å²) < 4.78 is 0. The highest BCUT2D eigenvalue weighted by molar-refractivity contribution is 5.76. The first kappa shape index (κ1) is 15.8. The van der Waals surface area contributed by atoms with Crippen LogP contribution in [0, 0.1) is 5.92 Å². The third-order valence-electron chi connectivity index (χ3n) is 5.05. The van der Waals surface area contributed by atoms with Gasteiger partial charge in [-0.1, -0.05) is 0 Å². The number of carbonyl (C=O) groups excluding carboxylic acids is 1. The molecule has 0 aromatic heterocycles. The van der Waals surface area contributed by atoms with E-state index in [1.807, 2.05) is 0 Å². The predicted octanol–water partition coefficient (Wildman–Crippen LogP) is 2.05. The quantitative estimate of drug-likeness (QED) is 0.783. The molecule has 116 valence electrons. The summed E-state index contributed by atoms with van der Waals surface area (Å²) >= 11 is 0. The van der Waals surface area contributed by atoms with Gasteiger partial charge in [0.25, 0.3) is 0 Å². The molecule has 1 aliphatic heterocycles. The third-order valence-corrected chi connectivity index (χ3v) is 5.05. The van der Waals surface area contributed by atoms with Gasteiger partial charge in [0.2, 0.25) is 5.91 Å². The Labute approximate surface area is 122 Å². The number of rotatable bonds is 6. The first-order chi connectivity index (χ1) is 9.70. The Hall–Kier alpha value is -0.610. The van der Waals surface area contributed by atoms with Crippen LogP contribution >= 0.6 is 0 Å². The molecule has 4 nitrogen and oxygen atoms in total. The van der Waals surface area contributed by atoms with Crippen molar-refractivity contribution in [1.29, 1.82) is 0 Å². The molecular formula is C16H30N2O2. The van der Waals surface area contributed by atoms with E-state index in [9.17, 15) is 4.79 Å². The van der Waals surface area contributed by atoms with Gasteiger partial charge in [0.05, 0.1) is 0 Å². The van der Waals surface area contributed by atoms with E-state index in [4.69, 9.17) is 10.8 Å². The minimum atomic E-state index is 0.237. The Kier molecular flexibility index (Phi) is 6.30. The van der Waals surface area contributed by atoms with Gasteiger partial charge in [-0.25, -0.2) is 0 Å². The normalized spacial score (nSPS) is 30.7. The Bertz CT molecular complexity index is 301. The summed E-state index contributed by atoms with van der Waals surface area (Å²) in [6.07, 6.45) is 10.4. The molecule has 1 unspecified atom stereocenters. The number of nitrogens with two attached hydrogens (primary N) is 1. The van der Waals surface area contributed by atoms with Gasteiger partial charge in [0.15, 0.2) is 0 Å². The van der Waals surface area contributed by atoms with E-state index < -0.39 is 0 Å². The van der Waals surface area contributed by atoms with Crippen LogP contribution in [-0.2, 0) is 4.79 Å². The lowest BCUT2D eigenvalue weighted by Crippen LogP contribution is -2.36. The molecule has 20 heavy (non-hydrogen) atoms. The lowest BCUT2D eigenvalue weighted by atomic mass is 9.83. The van der Waals surface area contributed by atoms with Crippen LogP contribution in [0.25, 0.3) is 0 Å². The minimum absolute atomic E-state index is 0.237. The van der Waals surface area contributed by atoms with Crippen molar-refractivity contribution in [3.8, 4) is 0 Å². The van der Waals surface area contributed by atoms with E-state index in [1.165, 1.54) is 12.8 Å². The number of hydrogen-bond donors (Lipinski definition) is 2. The van der Waals surface area contributed by atoms with E-state index in [1.54, 1.807) is 0 Å². The van der Waals surface area contributed by atoms with Crippen molar-refractivity contribution in [3.63, 3.8) is 0 Å². The van der Waals surface area contributed by atoms with Crippen molar-refractivity contribution in [3.05, 3.63) is 0 Å². The molecule has 2 fully saturated rings. The second-order valence-electron chi connectivity index (χ2n) is 6.57. The first-order valence-corrected chi connectivity index (χ1v) is 8.36. The van der Waals surface area contributed by atoms with Crippen LogP contribution < -0.4 is 5.73 Å². The van der Waals surface area contributed by atoms with Crippen LogP contribution in [0.1, 0.15) is 64.2 Å². The smallest absolute Gasteiger partial charge is 0.222 e. The molecule has 4 heteroatoms. The first-order valence-electron chi connectivity index (χ1n) is 8.36. The molecule has 0 radical (unpaired) electrons. The van der Waals surface area contributed by atoms with Gasteiger partial charge in [-0.3, -0.25) is 4.79 Å². The second-order valence-corrected chi connectivity index (χ2v) is 6.57. The van der Waals surface area contributed by atoms with Crippen molar-refractivity contribution in [2.24, 2.45) is 11.7 Å². The maximum atomic E-state index is 12.4. The van der Waals surface area contributed by atoms with Crippen LogP contribution in [0.15, 0.2) is 0 Å². The Morgan fingerprint density at radius 1 is 1.15 bits per heavy atom. The average molecular weight is 282 g/mol. The molecular weight excluding hydrogens is 252 g/mol. The van der Waals surface area contributed by atoms with Gasteiger partial charge in [-0.05, 0) is 63.7 Å². The zero-order chi connectivity index (χ0) is 14.4. The molecule has 2 aliphatic rings. The highest BCUT2D eigenvalue weighted by Crippen LogP contribution is 2.28. The van der Waals surface area contributed by atoms with E-state index in [-0.39, 0.29) is 6.61 Å². The van der Waals surface area contributed by atoms with E-state index >= 15 is 0 Å². The molecule has 1 heterocycles. The molecule has 1 aliphatic carbocycles. The maximum Gasteiger partial charge on any atom is 0.222 e. The zero-order valence-corrected chi connectivity index (χ0v) is 12.6. The van der Waals surface area contributed by atoms with Crippen LogP contribution in [-0.4, -0.2) is 41.1 Å². The predicted molar refractivity (Wildman–Crippen MR) is 80.2 cm³/mol. The largest absolute Gasteiger partial charge is 0.396 e. The summed E-state index contributed by atoms with van der Waals surface area (Å²) in [5, 5.41) is 8.93. The highest BCUT2D eigenvalue weighted by Gasteiger charge is 2.28. The minimum Gasteiger partial charge on any atom is -0.396 e. The molecule has 1 amide bonds. The van der Waals surface area contributed by atoms with Crippen LogP contribution in [0.4, 0.5) is 0 Å². The van der Waals surface area contributed by atoms with Crippen LogP contribution in [0.3, 0.4) is 0 Å². The Morgan fingerprint density at radius 2 is 1.90 bits per heavy atom. The van der Waals surface area contributed by atoms with Gasteiger partial charge in [-0.2, -0.15) is 0 Å². The molecule has 0 aromatic carbocycles. The van der Waals surface area contributed by atoms with Crippen molar-refractivity contribution in [1.82, 2.24) is 4.90 Å². The fourth-order valence-corrected chi connectivity index (χ4v) is 3.74. The van der Waals surface area contributed by atoms with Crippen molar-refractivity contribution < 1.29 is 9.90 Å². The fraction of sp³-hybridized carbons (Fsp3) is 0.938. The number of nitrogens with zero attached hydrogens (tertiary/aromatic N) is 1. The molecule has 0 spiro atoms. The molecule has 1 saturated heterocycles. The Morgan fingerprint density at radius 3 is 2.60 bits per heavy atom. The molecule has 1 atom stereocenters. The number of likely N-dealkylation sites (tertiary alicyclic amines) is 1. The van der Waals surface area contributed by atoms with Crippen LogP contribution in [0.5, 0.6) is 0 Å². The average Bonchev–Trinajstić information content (AvgIpc) is 2.92. The summed E-state index contributed by atoms with van der Waals surface area (Å²) in [7, 11) is 0.